The van der Waals surface area contributed by atoms with Crippen molar-refractivity contribution in [1.29, 1.82) is 0 Å². The van der Waals surface area contributed by atoms with E-state index >= 15 is 0 Å². The number of pyridine rings is 1. The number of hydrogen-bond donors (Lipinski definition) is 1. The molecule has 2 N–H and O–H groups in total. The summed E-state index contributed by atoms with van der Waals surface area (Å²) in [5.41, 5.74) is 8.69. The number of nitrogens with two attached hydrogens (primary N) is 1. The molecular weight excluding hydrogens is 288 g/mol. The summed E-state index contributed by atoms with van der Waals surface area (Å²) in [6, 6.07) is 15.9. The van der Waals surface area contributed by atoms with Gasteiger partial charge in [0.15, 0.2) is 5.82 Å². The first-order valence-electron chi connectivity index (χ1n) is 7.75. The van der Waals surface area contributed by atoms with Crippen LogP contribution in [-0.4, -0.2) is 27.9 Å². The standard InChI is InChI=1S/C18H20N4O/c1-2-23-16-8-6-14(7-9-16)17-13-15(10-11-19)21-22(17)18-5-3-4-12-20-18/h3-9,12-13H,2,10-11,19H2,1H3. The highest BCUT2D eigenvalue weighted by atomic mass is 16.5. The first-order valence-corrected chi connectivity index (χ1v) is 7.75. The molecule has 3 rings (SSSR count). The molecular formula is C18H20N4O. The monoisotopic (exact) mass is 308 g/mol. The molecule has 3 aromatic rings. The highest BCUT2D eigenvalue weighted by Crippen LogP contribution is 2.25. The zero-order valence-corrected chi connectivity index (χ0v) is 13.1. The van der Waals surface area contributed by atoms with E-state index in [1.807, 2.05) is 54.1 Å². The second-order valence-electron chi connectivity index (χ2n) is 5.12. The van der Waals surface area contributed by atoms with Gasteiger partial charge in [-0.15, -0.1) is 0 Å². The smallest absolute Gasteiger partial charge is 0.153 e. The average Bonchev–Trinajstić information content (AvgIpc) is 3.01. The summed E-state index contributed by atoms with van der Waals surface area (Å²) in [7, 11) is 0. The van der Waals surface area contributed by atoms with Crippen molar-refractivity contribution in [3.8, 4) is 22.8 Å². The Kier molecular flexibility index (Phi) is 4.68. The van der Waals surface area contributed by atoms with Crippen molar-refractivity contribution in [3.63, 3.8) is 0 Å². The van der Waals surface area contributed by atoms with Crippen molar-refractivity contribution in [1.82, 2.24) is 14.8 Å². The molecule has 0 aliphatic carbocycles. The second-order valence-corrected chi connectivity index (χ2v) is 5.12. The number of rotatable bonds is 6. The van der Waals surface area contributed by atoms with Gasteiger partial charge in [0.25, 0.3) is 0 Å². The zero-order chi connectivity index (χ0) is 16.1. The fourth-order valence-electron chi connectivity index (χ4n) is 2.45. The highest BCUT2D eigenvalue weighted by Gasteiger charge is 2.12. The van der Waals surface area contributed by atoms with Gasteiger partial charge in [0.2, 0.25) is 0 Å². The summed E-state index contributed by atoms with van der Waals surface area (Å²) < 4.78 is 7.37. The predicted molar refractivity (Wildman–Crippen MR) is 90.7 cm³/mol. The lowest BCUT2D eigenvalue weighted by molar-refractivity contribution is 0.340. The van der Waals surface area contributed by atoms with Crippen LogP contribution in [0.15, 0.2) is 54.7 Å². The molecule has 0 spiro atoms. The first-order chi connectivity index (χ1) is 11.3. The van der Waals surface area contributed by atoms with Crippen LogP contribution in [0.25, 0.3) is 17.1 Å². The third kappa shape index (κ3) is 3.40. The van der Waals surface area contributed by atoms with Gasteiger partial charge in [-0.1, -0.05) is 6.07 Å². The Morgan fingerprint density at radius 1 is 1.13 bits per heavy atom. The molecule has 0 aliphatic rings. The maximum atomic E-state index is 5.67. The van der Waals surface area contributed by atoms with Crippen LogP contribution in [0.2, 0.25) is 0 Å². The van der Waals surface area contributed by atoms with Crippen LogP contribution >= 0.6 is 0 Å². The molecule has 2 aromatic heterocycles. The van der Waals surface area contributed by atoms with Crippen LogP contribution in [-0.2, 0) is 6.42 Å². The van der Waals surface area contributed by atoms with Crippen molar-refractivity contribution < 1.29 is 4.74 Å². The van der Waals surface area contributed by atoms with E-state index in [4.69, 9.17) is 10.5 Å². The van der Waals surface area contributed by atoms with Gasteiger partial charge < -0.3 is 10.5 Å². The van der Waals surface area contributed by atoms with Crippen LogP contribution < -0.4 is 10.5 Å². The minimum atomic E-state index is 0.571. The molecule has 5 nitrogen and oxygen atoms in total. The summed E-state index contributed by atoms with van der Waals surface area (Å²) in [6.45, 7) is 3.21. The van der Waals surface area contributed by atoms with Gasteiger partial charge in [0.05, 0.1) is 18.0 Å². The van der Waals surface area contributed by atoms with Crippen LogP contribution in [0, 0.1) is 0 Å². The molecule has 0 aliphatic heterocycles. The summed E-state index contributed by atoms with van der Waals surface area (Å²) in [4.78, 5) is 4.40. The normalized spacial score (nSPS) is 10.7. The third-order valence-corrected chi connectivity index (χ3v) is 3.49. The Bertz CT molecular complexity index is 750. The number of benzene rings is 1. The molecule has 0 bridgehead atoms. The number of hydrogen-bond acceptors (Lipinski definition) is 4. The van der Waals surface area contributed by atoms with E-state index in [1.165, 1.54) is 0 Å². The van der Waals surface area contributed by atoms with E-state index < -0.39 is 0 Å². The maximum Gasteiger partial charge on any atom is 0.153 e. The molecule has 0 atom stereocenters. The number of nitrogens with zero attached hydrogens (tertiary/aromatic N) is 3. The lowest BCUT2D eigenvalue weighted by Crippen LogP contribution is -2.05. The van der Waals surface area contributed by atoms with E-state index in [1.54, 1.807) is 6.20 Å². The highest BCUT2D eigenvalue weighted by molar-refractivity contribution is 5.63. The Morgan fingerprint density at radius 3 is 2.61 bits per heavy atom. The van der Waals surface area contributed by atoms with Crippen LogP contribution in [0.1, 0.15) is 12.6 Å². The molecule has 0 fully saturated rings. The van der Waals surface area contributed by atoms with Crippen molar-refractivity contribution in [2.75, 3.05) is 13.2 Å². The van der Waals surface area contributed by atoms with Crippen LogP contribution in [0.4, 0.5) is 0 Å². The molecule has 5 heteroatoms. The summed E-state index contributed by atoms with van der Waals surface area (Å²) >= 11 is 0. The van der Waals surface area contributed by atoms with Gasteiger partial charge in [-0.3, -0.25) is 0 Å². The van der Waals surface area contributed by atoms with Gasteiger partial charge in [0, 0.05) is 18.2 Å². The fraction of sp³-hybridized carbons (Fsp3) is 0.222. The Hall–Kier alpha value is -2.66. The van der Waals surface area contributed by atoms with Crippen LogP contribution in [0.5, 0.6) is 5.75 Å². The number of aromatic nitrogens is 3. The van der Waals surface area contributed by atoms with E-state index in [0.717, 1.165) is 34.9 Å². The Morgan fingerprint density at radius 2 is 1.96 bits per heavy atom. The van der Waals surface area contributed by atoms with Gasteiger partial charge in [-0.2, -0.15) is 5.10 Å². The first kappa shape index (κ1) is 15.2. The van der Waals surface area contributed by atoms with Gasteiger partial charge in [-0.05, 0) is 55.9 Å². The Balaban J connectivity index is 2.03. The van der Waals surface area contributed by atoms with Crippen molar-refractivity contribution >= 4 is 0 Å². The second kappa shape index (κ2) is 7.07. The maximum absolute atomic E-state index is 5.67. The lowest BCUT2D eigenvalue weighted by Gasteiger charge is -2.08. The molecule has 1 aromatic carbocycles. The third-order valence-electron chi connectivity index (χ3n) is 3.49. The molecule has 0 saturated carbocycles. The van der Waals surface area contributed by atoms with Gasteiger partial charge >= 0.3 is 0 Å². The summed E-state index contributed by atoms with van der Waals surface area (Å²) in [5.74, 6) is 1.65. The molecule has 23 heavy (non-hydrogen) atoms. The molecule has 0 amide bonds. The molecule has 0 saturated heterocycles. The average molecular weight is 308 g/mol. The van der Waals surface area contributed by atoms with Crippen LogP contribution in [0.3, 0.4) is 0 Å². The van der Waals surface area contributed by atoms with Gasteiger partial charge in [0.1, 0.15) is 5.75 Å². The molecule has 0 radical (unpaired) electrons. The summed E-state index contributed by atoms with van der Waals surface area (Å²) in [5, 5.41) is 4.65. The van der Waals surface area contributed by atoms with Gasteiger partial charge in [-0.25, -0.2) is 9.67 Å². The number of ether oxygens (including phenoxy) is 1. The SMILES string of the molecule is CCOc1ccc(-c2cc(CCN)nn2-c2ccccn2)cc1. The quantitative estimate of drug-likeness (QED) is 0.760. The minimum Gasteiger partial charge on any atom is -0.494 e. The lowest BCUT2D eigenvalue weighted by atomic mass is 10.1. The molecule has 118 valence electrons. The van der Waals surface area contributed by atoms with E-state index in [-0.39, 0.29) is 0 Å². The van der Waals surface area contributed by atoms with Crippen molar-refractivity contribution in [2.45, 2.75) is 13.3 Å². The van der Waals surface area contributed by atoms with Crippen molar-refractivity contribution in [2.24, 2.45) is 5.73 Å². The Labute approximate surface area is 135 Å². The van der Waals surface area contributed by atoms with Crippen molar-refractivity contribution in [3.05, 3.63) is 60.4 Å². The zero-order valence-electron chi connectivity index (χ0n) is 13.1. The topological polar surface area (TPSA) is 66.0 Å². The molecule has 2 heterocycles. The predicted octanol–water partition coefficient (Wildman–Crippen LogP) is 2.83. The van der Waals surface area contributed by atoms with E-state index in [9.17, 15) is 0 Å². The van der Waals surface area contributed by atoms with E-state index in [0.29, 0.717) is 13.2 Å². The summed E-state index contributed by atoms with van der Waals surface area (Å²) in [6.07, 6.45) is 2.51. The molecule has 0 unspecified atom stereocenters. The largest absolute Gasteiger partial charge is 0.494 e. The fourth-order valence-corrected chi connectivity index (χ4v) is 2.45. The van der Waals surface area contributed by atoms with E-state index in [2.05, 4.69) is 16.1 Å². The minimum absolute atomic E-state index is 0.571.